The summed E-state index contributed by atoms with van der Waals surface area (Å²) in [7, 11) is 0. The van der Waals surface area contributed by atoms with Crippen molar-refractivity contribution in [2.75, 3.05) is 9.80 Å². The number of hydrogen-bond acceptors (Lipinski definition) is 2. The van der Waals surface area contributed by atoms with Crippen molar-refractivity contribution in [2.45, 2.75) is 26.9 Å². The lowest BCUT2D eigenvalue weighted by Crippen LogP contribution is -2.36. The molecule has 162 valence electrons. The number of anilines is 2. The second-order valence-corrected chi connectivity index (χ2v) is 8.93. The molecule has 0 spiro atoms. The topological polar surface area (TPSA) is 11.4 Å². The minimum atomic E-state index is 0.195. The van der Waals surface area contributed by atoms with Crippen LogP contribution in [0.25, 0.3) is 27.5 Å². The van der Waals surface area contributed by atoms with Crippen molar-refractivity contribution in [3.05, 3.63) is 115 Å². The van der Waals surface area contributed by atoms with Crippen molar-refractivity contribution in [3.63, 3.8) is 0 Å². The maximum absolute atomic E-state index is 2.40. The summed E-state index contributed by atoms with van der Waals surface area (Å²) < 4.78 is 2.40. The molecule has 6 rings (SSSR count). The number of fused-ring (bicyclic) bond motifs is 3. The van der Waals surface area contributed by atoms with Gasteiger partial charge in [0.25, 0.3) is 0 Å². The van der Waals surface area contributed by atoms with E-state index in [-0.39, 0.29) is 6.17 Å². The van der Waals surface area contributed by atoms with Gasteiger partial charge in [-0.25, -0.2) is 0 Å². The minimum Gasteiger partial charge on any atom is -0.326 e. The van der Waals surface area contributed by atoms with Crippen LogP contribution in [0.2, 0.25) is 0 Å². The summed E-state index contributed by atoms with van der Waals surface area (Å²) in [6, 6.07) is 32.8. The molecule has 1 aliphatic heterocycles. The summed E-state index contributed by atoms with van der Waals surface area (Å²) in [6.45, 7) is 6.63. The van der Waals surface area contributed by atoms with Crippen LogP contribution in [0.3, 0.4) is 0 Å². The van der Waals surface area contributed by atoms with Crippen molar-refractivity contribution in [2.24, 2.45) is 0 Å². The Bertz CT molecular complexity index is 1510. The van der Waals surface area contributed by atoms with Crippen LogP contribution >= 0.6 is 0 Å². The van der Waals surface area contributed by atoms with Gasteiger partial charge in [0, 0.05) is 40.2 Å². The number of aromatic nitrogens is 1. The number of aryl methyl sites for hydroxylation is 2. The van der Waals surface area contributed by atoms with Crippen molar-refractivity contribution in [1.82, 2.24) is 4.57 Å². The fraction of sp³-hybridized carbons (Fsp3) is 0.133. The molecule has 0 amide bonds. The molecule has 5 aromatic rings. The lowest BCUT2D eigenvalue weighted by atomic mass is 10.1. The maximum atomic E-state index is 2.40. The van der Waals surface area contributed by atoms with Crippen LogP contribution in [0.15, 0.2) is 103 Å². The van der Waals surface area contributed by atoms with E-state index in [1.165, 1.54) is 50.0 Å². The largest absolute Gasteiger partial charge is 0.326 e. The van der Waals surface area contributed by atoms with E-state index in [1.54, 1.807) is 0 Å². The van der Waals surface area contributed by atoms with E-state index in [1.807, 2.05) is 0 Å². The minimum absolute atomic E-state index is 0.195. The van der Waals surface area contributed by atoms with E-state index < -0.39 is 0 Å². The third-order valence-corrected chi connectivity index (χ3v) is 6.78. The molecule has 0 bridgehead atoms. The van der Waals surface area contributed by atoms with E-state index in [0.717, 1.165) is 0 Å². The summed E-state index contributed by atoms with van der Waals surface area (Å²) in [5.41, 5.74) is 8.66. The van der Waals surface area contributed by atoms with E-state index in [4.69, 9.17) is 0 Å². The highest BCUT2D eigenvalue weighted by molar-refractivity contribution is 6.10. The Kier molecular flexibility index (Phi) is 4.51. The third kappa shape index (κ3) is 3.12. The molecule has 1 aliphatic rings. The van der Waals surface area contributed by atoms with Crippen molar-refractivity contribution >= 4 is 33.2 Å². The summed E-state index contributed by atoms with van der Waals surface area (Å²) >= 11 is 0. The van der Waals surface area contributed by atoms with Crippen molar-refractivity contribution in [1.29, 1.82) is 0 Å². The molecule has 2 heterocycles. The standard InChI is InChI=1S/C30H27N3/c1-21-10-9-13-25(18-21)33-28-15-8-7-14-26(28)27-19-22(2)29(20-30(27)33)32-17-16-31(23(32)3)24-11-5-4-6-12-24/h4-20,23H,1-3H3. The van der Waals surface area contributed by atoms with Gasteiger partial charge in [-0.3, -0.25) is 0 Å². The number of rotatable bonds is 3. The summed E-state index contributed by atoms with van der Waals surface area (Å²) in [5.74, 6) is 0. The highest BCUT2D eigenvalue weighted by atomic mass is 15.4. The zero-order valence-electron chi connectivity index (χ0n) is 19.2. The van der Waals surface area contributed by atoms with Gasteiger partial charge in [0.15, 0.2) is 0 Å². The first-order valence-corrected chi connectivity index (χ1v) is 11.5. The molecule has 1 atom stereocenters. The van der Waals surface area contributed by atoms with E-state index in [0.29, 0.717) is 0 Å². The molecular weight excluding hydrogens is 402 g/mol. The molecule has 1 aromatic heterocycles. The Hall–Kier alpha value is -3.98. The second kappa shape index (κ2) is 7.56. The molecule has 0 aliphatic carbocycles. The lowest BCUT2D eigenvalue weighted by molar-refractivity contribution is 0.748. The van der Waals surface area contributed by atoms with E-state index in [9.17, 15) is 0 Å². The van der Waals surface area contributed by atoms with Crippen molar-refractivity contribution in [3.8, 4) is 5.69 Å². The Morgan fingerprint density at radius 2 is 1.33 bits per heavy atom. The average molecular weight is 430 g/mol. The van der Waals surface area contributed by atoms with Crippen LogP contribution in [-0.4, -0.2) is 10.7 Å². The van der Waals surface area contributed by atoms with Gasteiger partial charge >= 0.3 is 0 Å². The third-order valence-electron chi connectivity index (χ3n) is 6.78. The highest BCUT2D eigenvalue weighted by Gasteiger charge is 2.26. The van der Waals surface area contributed by atoms with E-state index >= 15 is 0 Å². The van der Waals surface area contributed by atoms with Gasteiger partial charge in [0.2, 0.25) is 0 Å². The SMILES string of the molecule is Cc1cccc(-n2c3ccccc3c3cc(C)c(N4C=CN(c5ccccc5)C4C)cc32)c1. The highest BCUT2D eigenvalue weighted by Crippen LogP contribution is 2.38. The number of nitrogens with zero attached hydrogens (tertiary/aromatic N) is 3. The predicted molar refractivity (Wildman–Crippen MR) is 140 cm³/mol. The molecule has 4 aromatic carbocycles. The lowest BCUT2D eigenvalue weighted by Gasteiger charge is -2.31. The molecule has 33 heavy (non-hydrogen) atoms. The zero-order valence-corrected chi connectivity index (χ0v) is 19.2. The Labute approximate surface area is 194 Å². The average Bonchev–Trinajstić information content (AvgIpc) is 3.36. The molecule has 0 saturated heterocycles. The molecule has 1 unspecified atom stereocenters. The molecule has 0 radical (unpaired) electrons. The summed E-state index contributed by atoms with van der Waals surface area (Å²) in [4.78, 5) is 4.69. The summed E-state index contributed by atoms with van der Waals surface area (Å²) in [5, 5.41) is 2.59. The molecule has 0 fully saturated rings. The number of para-hydroxylation sites is 2. The van der Waals surface area contributed by atoms with Gasteiger partial charge in [-0.1, -0.05) is 48.5 Å². The first-order valence-electron chi connectivity index (χ1n) is 11.5. The van der Waals surface area contributed by atoms with Gasteiger partial charge in [-0.15, -0.1) is 0 Å². The van der Waals surface area contributed by atoms with Gasteiger partial charge < -0.3 is 14.4 Å². The van der Waals surface area contributed by atoms with Gasteiger partial charge in [-0.05, 0) is 74.4 Å². The molecule has 0 N–H and O–H groups in total. The molecule has 0 saturated carbocycles. The van der Waals surface area contributed by atoms with Crippen LogP contribution in [0.1, 0.15) is 18.1 Å². The first kappa shape index (κ1) is 19.7. The monoisotopic (exact) mass is 429 g/mol. The van der Waals surface area contributed by atoms with Crippen molar-refractivity contribution < 1.29 is 0 Å². The Morgan fingerprint density at radius 1 is 0.606 bits per heavy atom. The Morgan fingerprint density at radius 3 is 2.15 bits per heavy atom. The smallest absolute Gasteiger partial charge is 0.107 e. The Balaban J connectivity index is 1.54. The zero-order chi connectivity index (χ0) is 22.5. The first-order chi connectivity index (χ1) is 16.1. The number of benzene rings is 4. The fourth-order valence-corrected chi connectivity index (χ4v) is 5.15. The van der Waals surface area contributed by atoms with Gasteiger partial charge in [0.1, 0.15) is 6.17 Å². The maximum Gasteiger partial charge on any atom is 0.107 e. The summed E-state index contributed by atoms with van der Waals surface area (Å²) in [6.07, 6.45) is 4.57. The predicted octanol–water partition coefficient (Wildman–Crippen LogP) is 7.54. The van der Waals surface area contributed by atoms with Crippen LogP contribution in [-0.2, 0) is 0 Å². The van der Waals surface area contributed by atoms with Crippen LogP contribution in [0, 0.1) is 13.8 Å². The van der Waals surface area contributed by atoms with Gasteiger partial charge in [0.05, 0.1) is 11.0 Å². The molecule has 3 heteroatoms. The molecule has 3 nitrogen and oxygen atoms in total. The van der Waals surface area contributed by atoms with Crippen LogP contribution in [0.4, 0.5) is 11.4 Å². The van der Waals surface area contributed by atoms with Crippen LogP contribution < -0.4 is 9.80 Å². The molecular formula is C30H27N3. The number of hydrogen-bond donors (Lipinski definition) is 0. The second-order valence-electron chi connectivity index (χ2n) is 8.93. The van der Waals surface area contributed by atoms with Crippen LogP contribution in [0.5, 0.6) is 0 Å². The fourth-order valence-electron chi connectivity index (χ4n) is 5.15. The van der Waals surface area contributed by atoms with E-state index in [2.05, 4.69) is 139 Å². The quantitative estimate of drug-likeness (QED) is 0.293. The van der Waals surface area contributed by atoms with Gasteiger partial charge in [-0.2, -0.15) is 0 Å². The normalized spacial score (nSPS) is 15.8.